The van der Waals surface area contributed by atoms with Gasteiger partial charge in [-0.1, -0.05) is 12.1 Å². The molecule has 1 aromatic carbocycles. The van der Waals surface area contributed by atoms with Gasteiger partial charge in [-0.05, 0) is 49.6 Å². The minimum absolute atomic E-state index is 0.0625. The molecular weight excluding hydrogens is 345 g/mol. The van der Waals surface area contributed by atoms with Crippen LogP contribution in [-0.2, 0) is 15.9 Å². The fourth-order valence-corrected chi connectivity index (χ4v) is 3.64. The topological polar surface area (TPSA) is 48.3 Å². The van der Waals surface area contributed by atoms with Crippen molar-refractivity contribution in [3.63, 3.8) is 0 Å². The first-order valence-corrected chi connectivity index (χ1v) is 9.27. The lowest BCUT2D eigenvalue weighted by Gasteiger charge is -2.24. The molecule has 1 aliphatic heterocycles. The number of ether oxygens (including phenoxy) is 2. The molecule has 3 aromatic rings. The summed E-state index contributed by atoms with van der Waals surface area (Å²) in [6, 6.07) is 8.75. The molecular formula is C21H24FN3O2. The monoisotopic (exact) mass is 369 g/mol. The molecule has 0 spiro atoms. The number of aromatic nitrogens is 2. The van der Waals surface area contributed by atoms with E-state index in [-0.39, 0.29) is 18.1 Å². The molecule has 0 aliphatic carbocycles. The highest BCUT2D eigenvalue weighted by atomic mass is 19.1. The van der Waals surface area contributed by atoms with Gasteiger partial charge in [-0.2, -0.15) is 0 Å². The molecule has 1 atom stereocenters. The number of hydrogen-bond donors (Lipinski definition) is 1. The van der Waals surface area contributed by atoms with E-state index in [1.165, 1.54) is 23.1 Å². The molecule has 6 heteroatoms. The van der Waals surface area contributed by atoms with Gasteiger partial charge in [-0.3, -0.25) is 9.66 Å². The molecule has 1 unspecified atom stereocenters. The molecule has 27 heavy (non-hydrogen) atoms. The Bertz CT molecular complexity index is 917. The maximum atomic E-state index is 13.3. The molecule has 0 radical (unpaired) electrons. The zero-order chi connectivity index (χ0) is 18.8. The summed E-state index contributed by atoms with van der Waals surface area (Å²) < 4.78 is 26.7. The number of halogens is 1. The molecule has 1 N–H and O–H groups in total. The predicted octanol–water partition coefficient (Wildman–Crippen LogP) is 3.71. The number of nitrogens with zero attached hydrogens (tertiary/aromatic N) is 2. The first-order chi connectivity index (χ1) is 13.1. The van der Waals surface area contributed by atoms with Gasteiger partial charge in [0.2, 0.25) is 0 Å². The molecule has 0 amide bonds. The zero-order valence-corrected chi connectivity index (χ0v) is 15.6. The lowest BCUT2D eigenvalue weighted by atomic mass is 10.0. The van der Waals surface area contributed by atoms with Gasteiger partial charge in [0.25, 0.3) is 0 Å². The fraction of sp³-hybridized carbons (Fsp3) is 0.381. The molecule has 1 saturated heterocycles. The standard InChI is InChI=1S/C21H24FN3O2/c1-14-15(2)25(20-13-23-8-7-19(14)20)24-18(12-21-26-9-10-27-21)11-16-3-5-17(22)6-4-16/h3-8,13,18,21,24H,9-12H2,1-2H3. The van der Waals surface area contributed by atoms with Crippen LogP contribution >= 0.6 is 0 Å². The van der Waals surface area contributed by atoms with E-state index in [1.54, 1.807) is 0 Å². The van der Waals surface area contributed by atoms with Gasteiger partial charge >= 0.3 is 0 Å². The van der Waals surface area contributed by atoms with Gasteiger partial charge in [0.15, 0.2) is 6.29 Å². The Hall–Kier alpha value is -2.44. The smallest absolute Gasteiger partial charge is 0.159 e. The molecule has 0 bridgehead atoms. The van der Waals surface area contributed by atoms with Crippen LogP contribution in [-0.4, -0.2) is 35.2 Å². The number of aryl methyl sites for hydroxylation is 1. The maximum Gasteiger partial charge on any atom is 0.159 e. The summed E-state index contributed by atoms with van der Waals surface area (Å²) in [5.41, 5.74) is 8.11. The zero-order valence-electron chi connectivity index (χ0n) is 15.6. The van der Waals surface area contributed by atoms with Crippen molar-refractivity contribution in [3.8, 4) is 0 Å². The largest absolute Gasteiger partial charge is 0.350 e. The Morgan fingerprint density at radius 1 is 1.19 bits per heavy atom. The van der Waals surface area contributed by atoms with Gasteiger partial charge < -0.3 is 14.9 Å². The second-order valence-electron chi connectivity index (χ2n) is 7.00. The van der Waals surface area contributed by atoms with Crippen molar-refractivity contribution in [1.82, 2.24) is 9.66 Å². The third-order valence-electron chi connectivity index (χ3n) is 5.20. The summed E-state index contributed by atoms with van der Waals surface area (Å²) in [7, 11) is 0. The van der Waals surface area contributed by atoms with Crippen LogP contribution in [0.25, 0.3) is 10.9 Å². The highest BCUT2D eigenvalue weighted by molar-refractivity contribution is 5.84. The molecule has 142 valence electrons. The van der Waals surface area contributed by atoms with Crippen LogP contribution < -0.4 is 5.43 Å². The summed E-state index contributed by atoms with van der Waals surface area (Å²) in [6.07, 6.45) is 4.91. The maximum absolute atomic E-state index is 13.3. The Balaban J connectivity index is 1.62. The minimum atomic E-state index is -0.223. The summed E-state index contributed by atoms with van der Waals surface area (Å²) in [4.78, 5) is 4.28. The van der Waals surface area contributed by atoms with E-state index in [0.717, 1.165) is 23.2 Å². The Kier molecular flexibility index (Phi) is 5.09. The van der Waals surface area contributed by atoms with Crippen LogP contribution in [0.2, 0.25) is 0 Å². The van der Waals surface area contributed by atoms with Crippen molar-refractivity contribution in [3.05, 3.63) is 65.4 Å². The quantitative estimate of drug-likeness (QED) is 0.720. The van der Waals surface area contributed by atoms with Crippen LogP contribution in [0.1, 0.15) is 23.2 Å². The molecule has 0 saturated carbocycles. The van der Waals surface area contributed by atoms with Gasteiger partial charge in [0.05, 0.1) is 31.0 Å². The van der Waals surface area contributed by atoms with E-state index in [1.807, 2.05) is 30.6 Å². The highest BCUT2D eigenvalue weighted by Crippen LogP contribution is 2.24. The lowest BCUT2D eigenvalue weighted by molar-refractivity contribution is -0.0499. The van der Waals surface area contributed by atoms with Crippen LogP contribution in [0.15, 0.2) is 42.7 Å². The SMILES string of the molecule is Cc1c(C)n(NC(Cc2ccc(F)cc2)CC2OCCO2)c2cnccc12. The molecule has 1 fully saturated rings. The number of pyridine rings is 1. The molecule has 1 aliphatic rings. The minimum Gasteiger partial charge on any atom is -0.350 e. The molecule has 2 aromatic heterocycles. The van der Waals surface area contributed by atoms with Gasteiger partial charge in [-0.25, -0.2) is 4.39 Å². The third-order valence-corrected chi connectivity index (χ3v) is 5.20. The number of hydrogen-bond acceptors (Lipinski definition) is 4. The first kappa shape index (κ1) is 17.9. The Labute approximate surface area is 158 Å². The Morgan fingerprint density at radius 3 is 2.67 bits per heavy atom. The third kappa shape index (κ3) is 3.82. The van der Waals surface area contributed by atoms with E-state index in [0.29, 0.717) is 19.6 Å². The van der Waals surface area contributed by atoms with E-state index in [4.69, 9.17) is 9.47 Å². The molecule has 4 rings (SSSR count). The number of nitrogens with one attached hydrogen (secondary N) is 1. The van der Waals surface area contributed by atoms with Gasteiger partial charge in [-0.15, -0.1) is 0 Å². The van der Waals surface area contributed by atoms with Crippen molar-refractivity contribution in [2.45, 2.75) is 39.0 Å². The first-order valence-electron chi connectivity index (χ1n) is 9.27. The lowest BCUT2D eigenvalue weighted by Crippen LogP contribution is -2.34. The van der Waals surface area contributed by atoms with Crippen LogP contribution in [0, 0.1) is 19.7 Å². The van der Waals surface area contributed by atoms with Crippen molar-refractivity contribution in [1.29, 1.82) is 0 Å². The van der Waals surface area contributed by atoms with Crippen molar-refractivity contribution < 1.29 is 13.9 Å². The van der Waals surface area contributed by atoms with Crippen LogP contribution in [0.5, 0.6) is 0 Å². The predicted molar refractivity (Wildman–Crippen MR) is 103 cm³/mol. The normalized spacial score (nSPS) is 16.1. The summed E-state index contributed by atoms with van der Waals surface area (Å²) in [5.74, 6) is -0.223. The van der Waals surface area contributed by atoms with E-state index >= 15 is 0 Å². The van der Waals surface area contributed by atoms with E-state index < -0.39 is 0 Å². The molecule has 3 heterocycles. The summed E-state index contributed by atoms with van der Waals surface area (Å²) in [6.45, 7) is 5.47. The average Bonchev–Trinajstić information content (AvgIpc) is 3.27. The van der Waals surface area contributed by atoms with Gasteiger partial charge in [0, 0.05) is 23.7 Å². The van der Waals surface area contributed by atoms with Crippen molar-refractivity contribution >= 4 is 10.9 Å². The number of fused-ring (bicyclic) bond motifs is 1. The average molecular weight is 369 g/mol. The van der Waals surface area contributed by atoms with Crippen molar-refractivity contribution in [2.24, 2.45) is 0 Å². The summed E-state index contributed by atoms with van der Waals surface area (Å²) >= 11 is 0. The Morgan fingerprint density at radius 2 is 1.93 bits per heavy atom. The fourth-order valence-electron chi connectivity index (χ4n) is 3.64. The number of benzene rings is 1. The van der Waals surface area contributed by atoms with Gasteiger partial charge in [0.1, 0.15) is 5.82 Å². The van der Waals surface area contributed by atoms with Crippen molar-refractivity contribution in [2.75, 3.05) is 18.6 Å². The van der Waals surface area contributed by atoms with E-state index in [2.05, 4.69) is 28.9 Å². The summed E-state index contributed by atoms with van der Waals surface area (Å²) in [5, 5.41) is 1.18. The van der Waals surface area contributed by atoms with E-state index in [9.17, 15) is 4.39 Å². The highest BCUT2D eigenvalue weighted by Gasteiger charge is 2.23. The number of rotatable bonds is 6. The molecule has 5 nitrogen and oxygen atoms in total. The van der Waals surface area contributed by atoms with Crippen LogP contribution in [0.4, 0.5) is 4.39 Å². The second-order valence-corrected chi connectivity index (χ2v) is 7.00. The second kappa shape index (κ2) is 7.66. The van der Waals surface area contributed by atoms with Crippen LogP contribution in [0.3, 0.4) is 0 Å².